The van der Waals surface area contributed by atoms with Crippen molar-refractivity contribution in [2.45, 2.75) is 26.3 Å². The van der Waals surface area contributed by atoms with E-state index in [4.69, 9.17) is 0 Å². The van der Waals surface area contributed by atoms with Crippen LogP contribution < -0.4 is 10.6 Å². The van der Waals surface area contributed by atoms with Crippen molar-refractivity contribution in [2.75, 3.05) is 6.54 Å². The van der Waals surface area contributed by atoms with Crippen molar-refractivity contribution >= 4 is 17.8 Å². The SMILES string of the molecule is Cc1n[nH]c(C)c1[C@@H](NC(=O)CCNC(=O)c1ccc(F)cc1)C(=O)O. The monoisotopic (exact) mass is 362 g/mol. The standard InChI is InChI=1S/C17H19FN4O4/c1-9-14(10(2)22-21-9)15(17(25)26)20-13(23)7-8-19-16(24)11-3-5-12(18)6-4-11/h3-6,15H,7-8H2,1-2H3,(H,19,24)(H,20,23)(H,21,22)(H,25,26)/t15-/m1/s1. The fourth-order valence-electron chi connectivity index (χ4n) is 2.47. The molecule has 4 N–H and O–H groups in total. The van der Waals surface area contributed by atoms with E-state index in [1.54, 1.807) is 13.8 Å². The summed E-state index contributed by atoms with van der Waals surface area (Å²) in [6, 6.07) is 3.75. The fraction of sp³-hybridized carbons (Fsp3) is 0.294. The molecule has 0 spiro atoms. The molecule has 2 amide bonds. The van der Waals surface area contributed by atoms with Crippen molar-refractivity contribution < 1.29 is 23.9 Å². The number of nitrogens with one attached hydrogen (secondary N) is 3. The van der Waals surface area contributed by atoms with Crippen LogP contribution in [0.1, 0.15) is 39.8 Å². The maximum absolute atomic E-state index is 12.8. The van der Waals surface area contributed by atoms with Crippen LogP contribution in [0.15, 0.2) is 24.3 Å². The Balaban J connectivity index is 1.90. The summed E-state index contributed by atoms with van der Waals surface area (Å²) >= 11 is 0. The summed E-state index contributed by atoms with van der Waals surface area (Å²) in [7, 11) is 0. The third-order valence-corrected chi connectivity index (χ3v) is 3.77. The molecule has 0 aliphatic rings. The summed E-state index contributed by atoms with van der Waals surface area (Å²) in [4.78, 5) is 35.4. The number of rotatable bonds is 7. The van der Waals surface area contributed by atoms with Gasteiger partial charge in [0, 0.05) is 29.8 Å². The molecule has 2 rings (SSSR count). The van der Waals surface area contributed by atoms with E-state index in [0.717, 1.165) is 12.1 Å². The number of aromatic nitrogens is 2. The topological polar surface area (TPSA) is 124 Å². The zero-order chi connectivity index (χ0) is 19.3. The molecule has 26 heavy (non-hydrogen) atoms. The molecule has 1 aromatic carbocycles. The van der Waals surface area contributed by atoms with Crippen LogP contribution in [0.4, 0.5) is 4.39 Å². The van der Waals surface area contributed by atoms with Crippen LogP contribution in [0.5, 0.6) is 0 Å². The highest BCUT2D eigenvalue weighted by Crippen LogP contribution is 2.20. The average molecular weight is 362 g/mol. The van der Waals surface area contributed by atoms with E-state index in [1.807, 2.05) is 0 Å². The molecular weight excluding hydrogens is 343 g/mol. The van der Waals surface area contributed by atoms with Crippen LogP contribution in [-0.2, 0) is 9.59 Å². The van der Waals surface area contributed by atoms with Crippen molar-refractivity contribution in [1.82, 2.24) is 20.8 Å². The minimum Gasteiger partial charge on any atom is -0.479 e. The van der Waals surface area contributed by atoms with Gasteiger partial charge in [-0.1, -0.05) is 0 Å². The van der Waals surface area contributed by atoms with E-state index in [0.29, 0.717) is 17.0 Å². The third kappa shape index (κ3) is 4.65. The van der Waals surface area contributed by atoms with E-state index >= 15 is 0 Å². The zero-order valence-corrected chi connectivity index (χ0v) is 14.3. The van der Waals surface area contributed by atoms with Gasteiger partial charge in [0.2, 0.25) is 5.91 Å². The lowest BCUT2D eigenvalue weighted by Gasteiger charge is -2.15. The van der Waals surface area contributed by atoms with Crippen molar-refractivity contribution in [2.24, 2.45) is 0 Å². The van der Waals surface area contributed by atoms with Gasteiger partial charge in [-0.2, -0.15) is 5.10 Å². The Kier molecular flexibility index (Phi) is 6.05. The molecule has 138 valence electrons. The molecular formula is C17H19FN4O4. The van der Waals surface area contributed by atoms with Crippen LogP contribution in [0.2, 0.25) is 0 Å². The second-order valence-electron chi connectivity index (χ2n) is 5.70. The zero-order valence-electron chi connectivity index (χ0n) is 14.3. The first-order valence-corrected chi connectivity index (χ1v) is 7.87. The number of aryl methyl sites for hydroxylation is 2. The maximum Gasteiger partial charge on any atom is 0.331 e. The summed E-state index contributed by atoms with van der Waals surface area (Å²) in [5, 5.41) is 20.9. The first kappa shape index (κ1) is 19.1. The van der Waals surface area contributed by atoms with Crippen molar-refractivity contribution in [3.8, 4) is 0 Å². The Bertz CT molecular complexity index is 797. The number of carboxylic acids is 1. The van der Waals surface area contributed by atoms with Gasteiger partial charge in [0.25, 0.3) is 5.91 Å². The molecule has 9 heteroatoms. The predicted molar refractivity (Wildman–Crippen MR) is 89.9 cm³/mol. The number of carbonyl (C=O) groups is 3. The number of hydrogen-bond acceptors (Lipinski definition) is 4. The molecule has 2 aromatic rings. The minimum atomic E-state index is -1.23. The number of aliphatic carboxylic acids is 1. The van der Waals surface area contributed by atoms with Gasteiger partial charge < -0.3 is 15.7 Å². The first-order chi connectivity index (χ1) is 12.3. The minimum absolute atomic E-state index is 0.0116. The van der Waals surface area contributed by atoms with Crippen molar-refractivity contribution in [3.63, 3.8) is 0 Å². The van der Waals surface area contributed by atoms with Crippen LogP contribution in [0.3, 0.4) is 0 Å². The Morgan fingerprint density at radius 3 is 2.42 bits per heavy atom. The molecule has 0 unspecified atom stereocenters. The highest BCUT2D eigenvalue weighted by molar-refractivity contribution is 5.94. The number of H-pyrrole nitrogens is 1. The summed E-state index contributed by atoms with van der Waals surface area (Å²) in [5.41, 5.74) is 1.71. The van der Waals surface area contributed by atoms with Gasteiger partial charge in [0.1, 0.15) is 5.82 Å². The van der Waals surface area contributed by atoms with Crippen LogP contribution in [0, 0.1) is 19.7 Å². The molecule has 0 saturated heterocycles. The largest absolute Gasteiger partial charge is 0.479 e. The van der Waals surface area contributed by atoms with E-state index in [2.05, 4.69) is 20.8 Å². The molecule has 1 atom stereocenters. The average Bonchev–Trinajstić information content (AvgIpc) is 2.91. The fourth-order valence-corrected chi connectivity index (χ4v) is 2.47. The highest BCUT2D eigenvalue weighted by Gasteiger charge is 2.27. The molecule has 0 fully saturated rings. The molecule has 0 radical (unpaired) electrons. The van der Waals surface area contributed by atoms with Crippen LogP contribution in [-0.4, -0.2) is 39.6 Å². The van der Waals surface area contributed by atoms with E-state index in [9.17, 15) is 23.9 Å². The number of aromatic amines is 1. The summed E-state index contributed by atoms with van der Waals surface area (Å²) < 4.78 is 12.8. The van der Waals surface area contributed by atoms with Crippen LogP contribution >= 0.6 is 0 Å². The van der Waals surface area contributed by atoms with Gasteiger partial charge in [0.05, 0.1) is 5.69 Å². The van der Waals surface area contributed by atoms with Gasteiger partial charge in [-0.3, -0.25) is 14.7 Å². The Hall–Kier alpha value is -3.23. The number of halogens is 1. The number of amides is 2. The smallest absolute Gasteiger partial charge is 0.331 e. The molecule has 1 aromatic heterocycles. The molecule has 0 saturated carbocycles. The Morgan fingerprint density at radius 2 is 1.88 bits per heavy atom. The van der Waals surface area contributed by atoms with E-state index < -0.39 is 29.6 Å². The summed E-state index contributed by atoms with van der Waals surface area (Å²) in [5.74, 6) is -2.64. The van der Waals surface area contributed by atoms with Gasteiger partial charge in [-0.05, 0) is 38.1 Å². The second kappa shape index (κ2) is 8.24. The molecule has 1 heterocycles. The molecule has 0 bridgehead atoms. The third-order valence-electron chi connectivity index (χ3n) is 3.77. The predicted octanol–water partition coefficient (Wildman–Crippen LogP) is 1.23. The lowest BCUT2D eigenvalue weighted by molar-refractivity contribution is -0.142. The molecule has 8 nitrogen and oxygen atoms in total. The maximum atomic E-state index is 12.8. The quantitative estimate of drug-likeness (QED) is 0.590. The number of carboxylic acid groups (broad SMARTS) is 1. The van der Waals surface area contributed by atoms with Crippen molar-refractivity contribution in [3.05, 3.63) is 52.6 Å². The Labute approximate surface area is 148 Å². The number of benzene rings is 1. The lowest BCUT2D eigenvalue weighted by atomic mass is 10.0. The van der Waals surface area contributed by atoms with Gasteiger partial charge >= 0.3 is 5.97 Å². The van der Waals surface area contributed by atoms with Gasteiger partial charge in [-0.15, -0.1) is 0 Å². The number of carbonyl (C=O) groups excluding carboxylic acids is 2. The molecule has 0 aliphatic carbocycles. The first-order valence-electron chi connectivity index (χ1n) is 7.87. The number of hydrogen-bond donors (Lipinski definition) is 4. The normalized spacial score (nSPS) is 11.7. The van der Waals surface area contributed by atoms with Gasteiger partial charge in [0.15, 0.2) is 6.04 Å². The summed E-state index contributed by atoms with van der Waals surface area (Å²) in [6.45, 7) is 3.32. The second-order valence-corrected chi connectivity index (χ2v) is 5.70. The van der Waals surface area contributed by atoms with E-state index in [1.165, 1.54) is 12.1 Å². The van der Waals surface area contributed by atoms with Crippen LogP contribution in [0.25, 0.3) is 0 Å². The lowest BCUT2D eigenvalue weighted by Crippen LogP contribution is -2.36. The van der Waals surface area contributed by atoms with Crippen molar-refractivity contribution in [1.29, 1.82) is 0 Å². The van der Waals surface area contributed by atoms with E-state index in [-0.39, 0.29) is 18.5 Å². The van der Waals surface area contributed by atoms with Gasteiger partial charge in [-0.25, -0.2) is 9.18 Å². The highest BCUT2D eigenvalue weighted by atomic mass is 19.1. The molecule has 0 aliphatic heterocycles. The number of nitrogens with zero attached hydrogens (tertiary/aromatic N) is 1. The summed E-state index contributed by atoms with van der Waals surface area (Å²) in [6.07, 6.45) is -0.105. The Morgan fingerprint density at radius 1 is 1.23 bits per heavy atom.